The van der Waals surface area contributed by atoms with Gasteiger partial charge in [-0.1, -0.05) is 15.9 Å². The molecular weight excluding hydrogens is 400 g/mol. The Hall–Kier alpha value is -0.760. The van der Waals surface area contributed by atoms with Crippen molar-refractivity contribution in [3.05, 3.63) is 38.3 Å². The molecule has 3 nitrogen and oxygen atoms in total. The maximum absolute atomic E-state index is 13.2. The van der Waals surface area contributed by atoms with Crippen LogP contribution in [0.25, 0.3) is 11.4 Å². The van der Waals surface area contributed by atoms with Crippen LogP contribution in [0.3, 0.4) is 0 Å². The van der Waals surface area contributed by atoms with Gasteiger partial charge in [0.2, 0.25) is 0 Å². The minimum Gasteiger partial charge on any atom is -0.372 e. The average Bonchev–Trinajstić information content (AvgIpc) is 2.33. The largest absolute Gasteiger partial charge is 0.372 e. The van der Waals surface area contributed by atoms with Crippen molar-refractivity contribution >= 4 is 44.3 Å². The smallest absolute Gasteiger partial charge is 0.162 e. The summed E-state index contributed by atoms with van der Waals surface area (Å²) in [5, 5.41) is 2.97. The van der Waals surface area contributed by atoms with Crippen molar-refractivity contribution in [2.45, 2.75) is 0 Å². The van der Waals surface area contributed by atoms with E-state index in [0.717, 1.165) is 13.9 Å². The monoisotopic (exact) mass is 407 g/mol. The lowest BCUT2D eigenvalue weighted by molar-refractivity contribution is 0.628. The van der Waals surface area contributed by atoms with E-state index in [4.69, 9.17) is 0 Å². The highest BCUT2D eigenvalue weighted by Gasteiger charge is 2.10. The molecule has 1 aromatic heterocycles. The van der Waals surface area contributed by atoms with Gasteiger partial charge in [0.25, 0.3) is 0 Å². The summed E-state index contributed by atoms with van der Waals surface area (Å²) in [6.07, 6.45) is 1.70. The first kappa shape index (κ1) is 12.7. The van der Waals surface area contributed by atoms with Gasteiger partial charge in [-0.3, -0.25) is 0 Å². The molecule has 0 atom stereocenters. The van der Waals surface area contributed by atoms with E-state index < -0.39 is 0 Å². The van der Waals surface area contributed by atoms with Gasteiger partial charge in [-0.15, -0.1) is 0 Å². The Labute approximate surface area is 120 Å². The Morgan fingerprint density at radius 2 is 2.18 bits per heavy atom. The third kappa shape index (κ3) is 2.74. The second-order valence-electron chi connectivity index (χ2n) is 3.26. The van der Waals surface area contributed by atoms with E-state index in [0.29, 0.717) is 11.4 Å². The lowest BCUT2D eigenvalue weighted by Gasteiger charge is -2.07. The molecule has 0 aliphatic carbocycles. The number of benzene rings is 1. The Balaban J connectivity index is 2.56. The molecule has 0 aliphatic heterocycles. The molecule has 0 aliphatic rings. The molecule has 0 radical (unpaired) electrons. The number of rotatable bonds is 2. The molecule has 0 bridgehead atoms. The quantitative estimate of drug-likeness (QED) is 0.771. The summed E-state index contributed by atoms with van der Waals surface area (Å²) in [6, 6.07) is 4.44. The van der Waals surface area contributed by atoms with Crippen LogP contribution in [0.4, 0.5) is 10.2 Å². The van der Waals surface area contributed by atoms with Crippen LogP contribution < -0.4 is 5.32 Å². The molecule has 1 aromatic carbocycles. The Bertz CT molecular complexity index is 562. The van der Waals surface area contributed by atoms with E-state index >= 15 is 0 Å². The van der Waals surface area contributed by atoms with E-state index in [1.165, 1.54) is 12.1 Å². The fraction of sp³-hybridized carbons (Fsp3) is 0.0909. The molecule has 0 spiro atoms. The first-order valence-electron chi connectivity index (χ1n) is 4.77. The Morgan fingerprint density at radius 1 is 1.41 bits per heavy atom. The molecular formula is C11H8BrFIN3. The number of aromatic nitrogens is 2. The van der Waals surface area contributed by atoms with Crippen molar-refractivity contribution in [1.29, 1.82) is 0 Å². The van der Waals surface area contributed by atoms with Gasteiger partial charge in [-0.05, 0) is 40.8 Å². The molecule has 0 amide bonds. The summed E-state index contributed by atoms with van der Waals surface area (Å²) in [7, 11) is 1.79. The van der Waals surface area contributed by atoms with Gasteiger partial charge in [-0.2, -0.15) is 0 Å². The van der Waals surface area contributed by atoms with Crippen molar-refractivity contribution < 1.29 is 4.39 Å². The molecule has 2 aromatic rings. The van der Waals surface area contributed by atoms with Crippen LogP contribution in [0.15, 0.2) is 28.9 Å². The predicted molar refractivity (Wildman–Crippen MR) is 77.4 cm³/mol. The Morgan fingerprint density at radius 3 is 2.88 bits per heavy atom. The minimum atomic E-state index is -0.309. The van der Waals surface area contributed by atoms with Crippen LogP contribution in [0.2, 0.25) is 0 Å². The van der Waals surface area contributed by atoms with Crippen molar-refractivity contribution in [3.8, 4) is 11.4 Å². The summed E-state index contributed by atoms with van der Waals surface area (Å²) in [5.41, 5.74) is 0.637. The highest BCUT2D eigenvalue weighted by molar-refractivity contribution is 14.1. The fourth-order valence-electron chi connectivity index (χ4n) is 1.34. The van der Waals surface area contributed by atoms with Gasteiger partial charge in [0.05, 0.1) is 3.57 Å². The van der Waals surface area contributed by atoms with E-state index in [9.17, 15) is 4.39 Å². The number of nitrogens with zero attached hydrogens (tertiary/aromatic N) is 2. The van der Waals surface area contributed by atoms with Crippen molar-refractivity contribution in [1.82, 2.24) is 9.97 Å². The van der Waals surface area contributed by atoms with Gasteiger partial charge in [0, 0.05) is 23.3 Å². The molecule has 1 heterocycles. The first-order valence-corrected chi connectivity index (χ1v) is 6.64. The predicted octanol–water partition coefficient (Wildman–Crippen LogP) is 3.69. The standard InChI is InChI=1S/C11H8BrFIN3/c1-15-11-9(14)5-16-10(17-11)7-4-6(13)2-3-8(7)12/h2-5H,1H3,(H,15,16,17). The van der Waals surface area contributed by atoms with Crippen molar-refractivity contribution in [3.63, 3.8) is 0 Å². The maximum Gasteiger partial charge on any atom is 0.162 e. The molecule has 17 heavy (non-hydrogen) atoms. The number of nitrogens with one attached hydrogen (secondary N) is 1. The highest BCUT2D eigenvalue weighted by atomic mass is 127. The number of hydrogen-bond acceptors (Lipinski definition) is 3. The summed E-state index contributed by atoms with van der Waals surface area (Å²) in [5.74, 6) is 0.907. The third-order valence-corrected chi connectivity index (χ3v) is 3.63. The topological polar surface area (TPSA) is 37.8 Å². The maximum atomic E-state index is 13.2. The molecule has 1 N–H and O–H groups in total. The zero-order chi connectivity index (χ0) is 12.4. The third-order valence-electron chi connectivity index (χ3n) is 2.15. The van der Waals surface area contributed by atoms with Gasteiger partial charge in [-0.25, -0.2) is 14.4 Å². The van der Waals surface area contributed by atoms with Gasteiger partial charge in [0.1, 0.15) is 11.6 Å². The highest BCUT2D eigenvalue weighted by Crippen LogP contribution is 2.27. The average molecular weight is 408 g/mol. The lowest BCUT2D eigenvalue weighted by atomic mass is 10.2. The van der Waals surface area contributed by atoms with Gasteiger partial charge < -0.3 is 5.32 Å². The van der Waals surface area contributed by atoms with Crippen molar-refractivity contribution in [2.24, 2.45) is 0 Å². The fourth-order valence-corrected chi connectivity index (χ4v) is 2.29. The summed E-state index contributed by atoms with van der Waals surface area (Å²) >= 11 is 5.50. The normalized spacial score (nSPS) is 10.4. The van der Waals surface area contributed by atoms with E-state index in [2.05, 4.69) is 53.8 Å². The first-order chi connectivity index (χ1) is 8.11. The molecule has 2 rings (SSSR count). The van der Waals surface area contributed by atoms with E-state index in [1.807, 2.05) is 0 Å². The molecule has 0 saturated carbocycles. The van der Waals surface area contributed by atoms with E-state index in [-0.39, 0.29) is 5.82 Å². The number of halogens is 3. The van der Waals surface area contributed by atoms with Crippen LogP contribution in [-0.4, -0.2) is 17.0 Å². The molecule has 88 valence electrons. The van der Waals surface area contributed by atoms with Gasteiger partial charge >= 0.3 is 0 Å². The zero-order valence-electron chi connectivity index (χ0n) is 8.84. The van der Waals surface area contributed by atoms with E-state index in [1.54, 1.807) is 19.3 Å². The molecule has 0 unspecified atom stereocenters. The second-order valence-corrected chi connectivity index (χ2v) is 5.28. The molecule has 6 heteroatoms. The lowest BCUT2D eigenvalue weighted by Crippen LogP contribution is -1.99. The van der Waals surface area contributed by atoms with Crippen LogP contribution in [0.5, 0.6) is 0 Å². The minimum absolute atomic E-state index is 0.309. The van der Waals surface area contributed by atoms with Gasteiger partial charge in [0.15, 0.2) is 5.82 Å². The molecule has 0 saturated heterocycles. The number of hydrogen-bond donors (Lipinski definition) is 1. The van der Waals surface area contributed by atoms with Crippen LogP contribution in [0.1, 0.15) is 0 Å². The zero-order valence-corrected chi connectivity index (χ0v) is 12.6. The summed E-state index contributed by atoms with van der Waals surface area (Å²) in [6.45, 7) is 0. The van der Waals surface area contributed by atoms with Crippen LogP contribution in [-0.2, 0) is 0 Å². The second kappa shape index (κ2) is 5.26. The van der Waals surface area contributed by atoms with Crippen LogP contribution in [0, 0.1) is 9.39 Å². The molecule has 0 fully saturated rings. The summed E-state index contributed by atoms with van der Waals surface area (Å²) in [4.78, 5) is 8.54. The van der Waals surface area contributed by atoms with Crippen LogP contribution >= 0.6 is 38.5 Å². The summed E-state index contributed by atoms with van der Waals surface area (Å²) < 4.78 is 14.9. The number of anilines is 1. The Kier molecular flexibility index (Phi) is 3.93. The van der Waals surface area contributed by atoms with Crippen molar-refractivity contribution in [2.75, 3.05) is 12.4 Å². The SMILES string of the molecule is CNc1nc(-c2cc(F)ccc2Br)ncc1I.